The van der Waals surface area contributed by atoms with E-state index >= 15 is 0 Å². The zero-order chi connectivity index (χ0) is 18.1. The van der Waals surface area contributed by atoms with Crippen molar-refractivity contribution in [3.8, 4) is 0 Å². The van der Waals surface area contributed by atoms with Gasteiger partial charge in [0.2, 0.25) is 5.91 Å². The number of thioether (sulfide) groups is 1. The predicted molar refractivity (Wildman–Crippen MR) is 103 cm³/mol. The lowest BCUT2D eigenvalue weighted by atomic mass is 9.87. The minimum Gasteiger partial charge on any atom is -0.338 e. The maximum atomic E-state index is 12.8. The van der Waals surface area contributed by atoms with E-state index in [1.165, 1.54) is 35.7 Å². The molecule has 2 aliphatic rings. The standard InChI is InChI=1S/C20H26N4OS/c1-3-24-19(15-11-12-15)21-22-20(24)26-13-18(25)23(2)17-10-6-8-14-7-4-5-9-16(14)17/h4-5,7,9,15,17H,3,6,8,10-13H2,1-2H3/t17-/m0/s1. The molecule has 0 N–H and O–H groups in total. The van der Waals surface area contributed by atoms with Gasteiger partial charge in [-0.3, -0.25) is 4.79 Å². The molecule has 1 aromatic heterocycles. The van der Waals surface area contributed by atoms with Crippen LogP contribution in [-0.4, -0.2) is 38.4 Å². The second-order valence-electron chi connectivity index (χ2n) is 7.26. The predicted octanol–water partition coefficient (Wildman–Crippen LogP) is 3.80. The van der Waals surface area contributed by atoms with Gasteiger partial charge in [-0.15, -0.1) is 10.2 Å². The smallest absolute Gasteiger partial charge is 0.233 e. The topological polar surface area (TPSA) is 51.0 Å². The Bertz CT molecular complexity index is 799. The van der Waals surface area contributed by atoms with Gasteiger partial charge in [-0.2, -0.15) is 0 Å². The number of carbonyl (C=O) groups excluding carboxylic acids is 1. The molecule has 1 saturated carbocycles. The van der Waals surface area contributed by atoms with Crippen LogP contribution < -0.4 is 0 Å². The molecule has 0 saturated heterocycles. The Morgan fingerprint density at radius 1 is 1.27 bits per heavy atom. The molecule has 26 heavy (non-hydrogen) atoms. The van der Waals surface area contributed by atoms with Crippen LogP contribution in [0.15, 0.2) is 29.4 Å². The van der Waals surface area contributed by atoms with Gasteiger partial charge in [0.15, 0.2) is 5.16 Å². The highest BCUT2D eigenvalue weighted by Crippen LogP contribution is 2.40. The van der Waals surface area contributed by atoms with Crippen molar-refractivity contribution in [3.63, 3.8) is 0 Å². The number of hydrogen-bond donors (Lipinski definition) is 0. The quantitative estimate of drug-likeness (QED) is 0.726. The second kappa shape index (κ2) is 7.43. The van der Waals surface area contributed by atoms with Gasteiger partial charge in [-0.1, -0.05) is 36.0 Å². The van der Waals surface area contributed by atoms with Gasteiger partial charge in [0.05, 0.1) is 11.8 Å². The Labute approximate surface area is 159 Å². The average molecular weight is 371 g/mol. The molecule has 0 radical (unpaired) electrons. The number of benzene rings is 1. The van der Waals surface area contributed by atoms with Crippen LogP contribution in [0.1, 0.15) is 61.5 Å². The lowest BCUT2D eigenvalue weighted by Gasteiger charge is -2.33. The molecule has 1 aromatic carbocycles. The maximum Gasteiger partial charge on any atom is 0.233 e. The van der Waals surface area contributed by atoms with Gasteiger partial charge in [-0.05, 0) is 50.2 Å². The number of amides is 1. The van der Waals surface area contributed by atoms with Crippen LogP contribution in [0.3, 0.4) is 0 Å². The first-order valence-corrected chi connectivity index (χ1v) is 10.6. The third kappa shape index (κ3) is 3.39. The van der Waals surface area contributed by atoms with Crippen molar-refractivity contribution in [1.82, 2.24) is 19.7 Å². The van der Waals surface area contributed by atoms with Gasteiger partial charge in [0.1, 0.15) is 5.82 Å². The molecule has 1 amide bonds. The Morgan fingerprint density at radius 3 is 2.85 bits per heavy atom. The van der Waals surface area contributed by atoms with E-state index in [9.17, 15) is 4.79 Å². The number of hydrogen-bond acceptors (Lipinski definition) is 4. The Kier molecular flexibility index (Phi) is 5.02. The van der Waals surface area contributed by atoms with Gasteiger partial charge in [0.25, 0.3) is 0 Å². The fourth-order valence-electron chi connectivity index (χ4n) is 3.88. The first-order valence-electron chi connectivity index (χ1n) is 9.58. The zero-order valence-corrected chi connectivity index (χ0v) is 16.3. The van der Waals surface area contributed by atoms with Crippen LogP contribution in [0, 0.1) is 0 Å². The average Bonchev–Trinajstić information content (AvgIpc) is 3.44. The summed E-state index contributed by atoms with van der Waals surface area (Å²) in [6, 6.07) is 8.73. The molecule has 0 unspecified atom stereocenters. The third-order valence-electron chi connectivity index (χ3n) is 5.53. The second-order valence-corrected chi connectivity index (χ2v) is 8.20. The molecule has 0 aliphatic heterocycles. The number of rotatable bonds is 6. The minimum atomic E-state index is 0.162. The molecule has 138 valence electrons. The summed E-state index contributed by atoms with van der Waals surface area (Å²) in [6.45, 7) is 2.98. The fraction of sp³-hybridized carbons (Fsp3) is 0.550. The number of carbonyl (C=O) groups is 1. The highest BCUT2D eigenvalue weighted by atomic mass is 32.2. The van der Waals surface area contributed by atoms with Crippen molar-refractivity contribution in [3.05, 3.63) is 41.2 Å². The van der Waals surface area contributed by atoms with Crippen LogP contribution in [0.2, 0.25) is 0 Å². The van der Waals surface area contributed by atoms with E-state index in [0.29, 0.717) is 11.7 Å². The third-order valence-corrected chi connectivity index (χ3v) is 6.48. The number of aryl methyl sites for hydroxylation is 1. The van der Waals surface area contributed by atoms with Gasteiger partial charge in [-0.25, -0.2) is 0 Å². The Morgan fingerprint density at radius 2 is 2.08 bits per heavy atom. The molecule has 1 atom stereocenters. The molecule has 5 nitrogen and oxygen atoms in total. The lowest BCUT2D eigenvalue weighted by molar-refractivity contribution is -0.129. The lowest BCUT2D eigenvalue weighted by Crippen LogP contribution is -2.34. The van der Waals surface area contributed by atoms with Crippen molar-refractivity contribution in [2.45, 2.75) is 62.7 Å². The molecule has 1 fully saturated rings. The fourth-order valence-corrected chi connectivity index (χ4v) is 4.81. The van der Waals surface area contributed by atoms with E-state index in [0.717, 1.165) is 36.8 Å². The number of nitrogens with zero attached hydrogens (tertiary/aromatic N) is 4. The molecule has 0 spiro atoms. The summed E-state index contributed by atoms with van der Waals surface area (Å²) >= 11 is 1.52. The van der Waals surface area contributed by atoms with Crippen LogP contribution in [0.5, 0.6) is 0 Å². The molecule has 0 bridgehead atoms. The highest BCUT2D eigenvalue weighted by molar-refractivity contribution is 7.99. The van der Waals surface area contributed by atoms with Crippen LogP contribution in [0.4, 0.5) is 0 Å². The van der Waals surface area contributed by atoms with Crippen molar-refractivity contribution < 1.29 is 4.79 Å². The van der Waals surface area contributed by atoms with E-state index < -0.39 is 0 Å². The summed E-state index contributed by atoms with van der Waals surface area (Å²) in [7, 11) is 1.94. The summed E-state index contributed by atoms with van der Waals surface area (Å²) in [5.41, 5.74) is 2.70. The first kappa shape index (κ1) is 17.6. The molecular formula is C20H26N4OS. The van der Waals surface area contributed by atoms with Gasteiger partial charge >= 0.3 is 0 Å². The van der Waals surface area contributed by atoms with Crippen molar-refractivity contribution >= 4 is 17.7 Å². The molecule has 4 rings (SSSR count). The SMILES string of the molecule is CCn1c(SCC(=O)N(C)[C@H]2CCCc3ccccc32)nnc1C1CC1. The summed E-state index contributed by atoms with van der Waals surface area (Å²) in [6.07, 6.45) is 5.73. The van der Waals surface area contributed by atoms with Crippen LogP contribution in [0.25, 0.3) is 0 Å². The van der Waals surface area contributed by atoms with Crippen molar-refractivity contribution in [2.75, 3.05) is 12.8 Å². The normalized spacial score (nSPS) is 19.2. The Balaban J connectivity index is 1.43. The monoisotopic (exact) mass is 370 g/mol. The summed E-state index contributed by atoms with van der Waals surface area (Å²) < 4.78 is 2.17. The largest absolute Gasteiger partial charge is 0.338 e. The van der Waals surface area contributed by atoms with Crippen LogP contribution in [-0.2, 0) is 17.8 Å². The highest BCUT2D eigenvalue weighted by Gasteiger charge is 2.31. The minimum absolute atomic E-state index is 0.162. The van der Waals surface area contributed by atoms with E-state index in [2.05, 4.69) is 46.0 Å². The van der Waals surface area contributed by atoms with E-state index in [1.807, 2.05) is 11.9 Å². The molecular weight excluding hydrogens is 344 g/mol. The Hall–Kier alpha value is -1.82. The molecule has 1 heterocycles. The number of fused-ring (bicyclic) bond motifs is 1. The van der Waals surface area contributed by atoms with Gasteiger partial charge < -0.3 is 9.47 Å². The first-order chi connectivity index (χ1) is 12.7. The molecule has 2 aliphatic carbocycles. The summed E-state index contributed by atoms with van der Waals surface area (Å²) in [5.74, 6) is 2.25. The zero-order valence-electron chi connectivity index (χ0n) is 15.5. The molecule has 2 aromatic rings. The summed E-state index contributed by atoms with van der Waals surface area (Å²) in [5, 5.41) is 9.57. The van der Waals surface area contributed by atoms with E-state index in [1.54, 1.807) is 0 Å². The van der Waals surface area contributed by atoms with Crippen molar-refractivity contribution in [1.29, 1.82) is 0 Å². The van der Waals surface area contributed by atoms with E-state index in [-0.39, 0.29) is 11.9 Å². The molecule has 6 heteroatoms. The van der Waals surface area contributed by atoms with E-state index in [4.69, 9.17) is 0 Å². The van der Waals surface area contributed by atoms with Gasteiger partial charge in [0, 0.05) is 19.5 Å². The maximum absolute atomic E-state index is 12.8. The summed E-state index contributed by atoms with van der Waals surface area (Å²) in [4.78, 5) is 14.8. The van der Waals surface area contributed by atoms with Crippen LogP contribution >= 0.6 is 11.8 Å². The van der Waals surface area contributed by atoms with Crippen molar-refractivity contribution in [2.24, 2.45) is 0 Å². The number of aromatic nitrogens is 3.